The van der Waals surface area contributed by atoms with Crippen LogP contribution in [-0.4, -0.2) is 32.8 Å². The molecule has 2 aromatic heterocycles. The van der Waals surface area contributed by atoms with Crippen molar-refractivity contribution in [3.05, 3.63) is 56.4 Å². The molecule has 1 aromatic carbocycles. The molecule has 0 unspecified atom stereocenters. The molecule has 194 valence electrons. The van der Waals surface area contributed by atoms with E-state index in [1.165, 1.54) is 12.1 Å². The number of anilines is 1. The third-order valence-electron chi connectivity index (χ3n) is 4.65. The number of fused-ring (bicyclic) bond motifs is 1. The van der Waals surface area contributed by atoms with Gasteiger partial charge in [0.1, 0.15) is 22.4 Å². The number of ether oxygens (including phenoxy) is 3. The minimum Gasteiger partial charge on any atom is -0.485 e. The second-order valence-electron chi connectivity index (χ2n) is 10.00. The highest BCUT2D eigenvalue weighted by Crippen LogP contribution is 2.37. The fourth-order valence-electron chi connectivity index (χ4n) is 3.17. The summed E-state index contributed by atoms with van der Waals surface area (Å²) in [5.41, 5.74) is 0.108. The number of aryl methyl sites for hydroxylation is 1. The van der Waals surface area contributed by atoms with E-state index in [4.69, 9.17) is 37.4 Å². The summed E-state index contributed by atoms with van der Waals surface area (Å²) >= 11 is 16.7. The van der Waals surface area contributed by atoms with Crippen LogP contribution in [0.5, 0.6) is 5.75 Å². The third-order valence-corrected chi connectivity index (χ3v) is 6.38. The molecule has 11 heteroatoms. The molecule has 0 aliphatic heterocycles. The molecule has 0 bridgehead atoms. The second-order valence-corrected chi connectivity index (χ2v) is 11.5. The first-order valence-corrected chi connectivity index (χ1v) is 12.6. The Morgan fingerprint density at radius 3 is 2.17 bits per heavy atom. The number of amides is 2. The van der Waals surface area contributed by atoms with Crippen molar-refractivity contribution in [2.45, 2.75) is 66.3 Å². The number of hydrogen-bond donors (Lipinski definition) is 0. The van der Waals surface area contributed by atoms with Crippen LogP contribution in [0.1, 0.15) is 52.8 Å². The molecule has 2 heterocycles. The molecule has 0 saturated heterocycles. The number of benzene rings is 1. The van der Waals surface area contributed by atoms with Crippen LogP contribution in [0.15, 0.2) is 35.1 Å². The summed E-state index contributed by atoms with van der Waals surface area (Å²) in [5.74, 6) is 0.500. The van der Waals surface area contributed by atoms with E-state index in [1.807, 2.05) is 23.6 Å². The maximum atomic E-state index is 13.1. The van der Waals surface area contributed by atoms with Gasteiger partial charge in [-0.2, -0.15) is 4.90 Å². The molecule has 3 rings (SSSR count). The van der Waals surface area contributed by atoms with Crippen molar-refractivity contribution in [1.82, 2.24) is 9.38 Å². The van der Waals surface area contributed by atoms with Gasteiger partial charge in [-0.15, -0.1) is 0 Å². The molecule has 36 heavy (non-hydrogen) atoms. The lowest BCUT2D eigenvalue weighted by atomic mass is 10.2. The van der Waals surface area contributed by atoms with Crippen molar-refractivity contribution in [2.24, 2.45) is 0 Å². The van der Waals surface area contributed by atoms with Gasteiger partial charge < -0.3 is 14.2 Å². The second kappa shape index (κ2) is 10.5. The van der Waals surface area contributed by atoms with Crippen molar-refractivity contribution in [1.29, 1.82) is 0 Å². The van der Waals surface area contributed by atoms with Gasteiger partial charge in [-0.3, -0.25) is 4.40 Å². The fraction of sp³-hybridized carbons (Fsp3) is 0.400. The van der Waals surface area contributed by atoms with Gasteiger partial charge in [0.05, 0.1) is 16.4 Å². The molecule has 0 saturated carbocycles. The van der Waals surface area contributed by atoms with Gasteiger partial charge in [0.25, 0.3) is 0 Å². The zero-order valence-electron chi connectivity index (χ0n) is 21.1. The zero-order valence-corrected chi connectivity index (χ0v) is 24.2. The highest BCUT2D eigenvalue weighted by Gasteiger charge is 2.34. The van der Waals surface area contributed by atoms with Crippen LogP contribution in [0.25, 0.3) is 5.65 Å². The molecule has 0 radical (unpaired) electrons. The van der Waals surface area contributed by atoms with Crippen LogP contribution in [0.2, 0.25) is 10.0 Å². The maximum Gasteiger partial charge on any atom is 0.424 e. The molecule has 0 aliphatic carbocycles. The van der Waals surface area contributed by atoms with Crippen LogP contribution in [0.4, 0.5) is 15.3 Å². The lowest BCUT2D eigenvalue weighted by Crippen LogP contribution is -2.44. The number of nitrogens with zero attached hydrogens (tertiary/aromatic N) is 3. The van der Waals surface area contributed by atoms with Crippen LogP contribution in [0.3, 0.4) is 0 Å². The molecule has 0 aliphatic rings. The molecule has 8 nitrogen and oxygen atoms in total. The highest BCUT2D eigenvalue weighted by molar-refractivity contribution is 9.10. The lowest BCUT2D eigenvalue weighted by Gasteiger charge is -2.29. The summed E-state index contributed by atoms with van der Waals surface area (Å²) in [4.78, 5) is 31.4. The Balaban J connectivity index is 2.00. The first kappa shape index (κ1) is 28.1. The number of pyridine rings is 1. The predicted molar refractivity (Wildman–Crippen MR) is 143 cm³/mol. The Bertz CT molecular complexity index is 1280. The standard InChI is InChI=1S/C25H28BrCl2N3O5/c1-14-20(26)30-12-8-9-18(21(30)29-14)34-13-15-16(27)10-11-17(19(15)28)31(22(32)35-24(2,3)4)23(33)36-25(5,6)7/h8-12H,13H2,1-7H3. The number of imidazole rings is 1. The van der Waals surface area contributed by atoms with E-state index in [0.717, 1.165) is 15.2 Å². The molecule has 0 atom stereocenters. The predicted octanol–water partition coefficient (Wildman–Crippen LogP) is 7.97. The van der Waals surface area contributed by atoms with Crippen LogP contribution in [0, 0.1) is 6.92 Å². The Morgan fingerprint density at radius 2 is 1.61 bits per heavy atom. The third kappa shape index (κ3) is 6.44. The van der Waals surface area contributed by atoms with Crippen molar-refractivity contribution in [3.8, 4) is 5.75 Å². The van der Waals surface area contributed by atoms with E-state index in [2.05, 4.69) is 20.9 Å². The normalized spacial score (nSPS) is 11.9. The minimum atomic E-state index is -0.935. The van der Waals surface area contributed by atoms with Gasteiger partial charge in [-0.05, 0) is 88.7 Å². The summed E-state index contributed by atoms with van der Waals surface area (Å²) in [6.45, 7) is 12.0. The number of halogens is 3. The lowest BCUT2D eigenvalue weighted by molar-refractivity contribution is 0.0430. The molecule has 2 amide bonds. The number of rotatable bonds is 4. The van der Waals surface area contributed by atoms with E-state index in [9.17, 15) is 9.59 Å². The number of aromatic nitrogens is 2. The number of hydrogen-bond acceptors (Lipinski definition) is 6. The van der Waals surface area contributed by atoms with E-state index in [0.29, 0.717) is 22.0 Å². The molecule has 0 fully saturated rings. The van der Waals surface area contributed by atoms with Crippen molar-refractivity contribution in [2.75, 3.05) is 4.90 Å². The largest absolute Gasteiger partial charge is 0.485 e. The summed E-state index contributed by atoms with van der Waals surface area (Å²) in [6.07, 6.45) is -0.0162. The van der Waals surface area contributed by atoms with Crippen LogP contribution in [-0.2, 0) is 16.1 Å². The van der Waals surface area contributed by atoms with E-state index >= 15 is 0 Å². The molecule has 0 N–H and O–H groups in total. The van der Waals surface area contributed by atoms with Crippen molar-refractivity contribution < 1.29 is 23.8 Å². The Kier molecular flexibility index (Phi) is 8.17. The van der Waals surface area contributed by atoms with E-state index in [-0.39, 0.29) is 17.3 Å². The first-order chi connectivity index (χ1) is 16.6. The monoisotopic (exact) mass is 599 g/mol. The summed E-state index contributed by atoms with van der Waals surface area (Å²) < 4.78 is 19.6. The van der Waals surface area contributed by atoms with Gasteiger partial charge in [-0.25, -0.2) is 14.6 Å². The van der Waals surface area contributed by atoms with Crippen LogP contribution >= 0.6 is 39.1 Å². The average molecular weight is 601 g/mol. The number of imide groups is 1. The summed E-state index contributed by atoms with van der Waals surface area (Å²) in [6, 6.07) is 6.58. The molecular formula is C25H28BrCl2N3O5. The summed E-state index contributed by atoms with van der Waals surface area (Å²) in [5, 5.41) is 0.344. The highest BCUT2D eigenvalue weighted by atomic mass is 79.9. The number of carbonyl (C=O) groups excluding carboxylic acids is 2. The Morgan fingerprint density at radius 1 is 1.03 bits per heavy atom. The van der Waals surface area contributed by atoms with Gasteiger partial charge in [-0.1, -0.05) is 23.2 Å². The quantitative estimate of drug-likeness (QED) is 0.302. The van der Waals surface area contributed by atoms with E-state index < -0.39 is 23.4 Å². The Labute approximate surface area is 228 Å². The van der Waals surface area contributed by atoms with Crippen molar-refractivity contribution >= 4 is 62.7 Å². The zero-order chi connectivity index (χ0) is 27.0. The first-order valence-electron chi connectivity index (χ1n) is 11.1. The van der Waals surface area contributed by atoms with Crippen molar-refractivity contribution in [3.63, 3.8) is 0 Å². The van der Waals surface area contributed by atoms with E-state index in [1.54, 1.807) is 47.6 Å². The van der Waals surface area contributed by atoms with Gasteiger partial charge >= 0.3 is 12.2 Å². The number of carbonyl (C=O) groups is 2. The minimum absolute atomic E-state index is 0.0480. The molecule has 3 aromatic rings. The molecule has 0 spiro atoms. The van der Waals surface area contributed by atoms with Crippen LogP contribution < -0.4 is 9.64 Å². The average Bonchev–Trinajstić information content (AvgIpc) is 3.02. The van der Waals surface area contributed by atoms with Gasteiger partial charge in [0.2, 0.25) is 0 Å². The van der Waals surface area contributed by atoms with Gasteiger partial charge in [0.15, 0.2) is 11.4 Å². The van der Waals surface area contributed by atoms with Gasteiger partial charge in [0, 0.05) is 16.8 Å². The topological polar surface area (TPSA) is 82.4 Å². The fourth-order valence-corrected chi connectivity index (χ4v) is 4.11. The molecular weight excluding hydrogens is 573 g/mol. The Hall–Kier alpha value is -2.49. The summed E-state index contributed by atoms with van der Waals surface area (Å²) in [7, 11) is 0. The SMILES string of the molecule is Cc1nc2c(OCc3c(Cl)ccc(N(C(=O)OC(C)(C)C)C(=O)OC(C)(C)C)c3Cl)cccn2c1Br. The maximum absolute atomic E-state index is 13.1. The smallest absolute Gasteiger partial charge is 0.424 e.